The molecule has 0 radical (unpaired) electrons. The lowest BCUT2D eigenvalue weighted by Crippen LogP contribution is -2.17. The van der Waals surface area contributed by atoms with Crippen LogP contribution >= 0.6 is 12.4 Å². The standard InChI is InChI=1S/C14H11F4NO.ClH/c15-11-5-1-9(2-6-11)13(19)10-3-7-12(8-4-10)20-14(16,17)18;/h1-8,13H,19H2;1H/t13-;/m0./s1. The van der Waals surface area contributed by atoms with Gasteiger partial charge in [0.1, 0.15) is 11.6 Å². The van der Waals surface area contributed by atoms with Crippen LogP contribution in [0.15, 0.2) is 48.5 Å². The summed E-state index contributed by atoms with van der Waals surface area (Å²) in [6.45, 7) is 0. The van der Waals surface area contributed by atoms with Crippen LogP contribution in [0.3, 0.4) is 0 Å². The number of hydrogen-bond acceptors (Lipinski definition) is 2. The third-order valence-electron chi connectivity index (χ3n) is 2.70. The second-order valence-corrected chi connectivity index (χ2v) is 4.15. The summed E-state index contributed by atoms with van der Waals surface area (Å²) in [6, 6.07) is 10.3. The van der Waals surface area contributed by atoms with Crippen molar-refractivity contribution in [1.82, 2.24) is 0 Å². The van der Waals surface area contributed by atoms with E-state index in [9.17, 15) is 17.6 Å². The molecule has 2 nitrogen and oxygen atoms in total. The van der Waals surface area contributed by atoms with Crippen LogP contribution in [0.5, 0.6) is 5.75 Å². The zero-order valence-corrected chi connectivity index (χ0v) is 11.4. The van der Waals surface area contributed by atoms with Gasteiger partial charge in [-0.25, -0.2) is 4.39 Å². The highest BCUT2D eigenvalue weighted by molar-refractivity contribution is 5.85. The first kappa shape index (κ1) is 17.3. The second kappa shape index (κ2) is 6.78. The second-order valence-electron chi connectivity index (χ2n) is 4.15. The van der Waals surface area contributed by atoms with Crippen molar-refractivity contribution in [3.8, 4) is 5.75 Å². The predicted molar refractivity (Wildman–Crippen MR) is 72.8 cm³/mol. The molecule has 1 atom stereocenters. The van der Waals surface area contributed by atoms with Crippen LogP contribution in [0.2, 0.25) is 0 Å². The summed E-state index contributed by atoms with van der Waals surface area (Å²) in [5.41, 5.74) is 7.22. The average Bonchev–Trinajstić information content (AvgIpc) is 2.38. The molecule has 2 aromatic carbocycles. The molecule has 0 aliphatic rings. The van der Waals surface area contributed by atoms with E-state index in [2.05, 4.69) is 4.74 Å². The van der Waals surface area contributed by atoms with E-state index < -0.39 is 12.4 Å². The first-order chi connectivity index (χ1) is 9.35. The van der Waals surface area contributed by atoms with Crippen molar-refractivity contribution in [3.63, 3.8) is 0 Å². The van der Waals surface area contributed by atoms with Crippen molar-refractivity contribution in [1.29, 1.82) is 0 Å². The molecule has 0 fully saturated rings. The van der Waals surface area contributed by atoms with Gasteiger partial charge in [0.2, 0.25) is 0 Å². The van der Waals surface area contributed by atoms with Crippen LogP contribution in [-0.4, -0.2) is 6.36 Å². The van der Waals surface area contributed by atoms with Crippen LogP contribution in [0.1, 0.15) is 17.2 Å². The highest BCUT2D eigenvalue weighted by Gasteiger charge is 2.31. The van der Waals surface area contributed by atoms with Crippen LogP contribution in [0.25, 0.3) is 0 Å². The molecule has 21 heavy (non-hydrogen) atoms. The fourth-order valence-electron chi connectivity index (χ4n) is 1.74. The lowest BCUT2D eigenvalue weighted by molar-refractivity contribution is -0.274. The Bertz CT molecular complexity index is 569. The minimum atomic E-state index is -4.72. The summed E-state index contributed by atoms with van der Waals surface area (Å²) in [7, 11) is 0. The van der Waals surface area contributed by atoms with E-state index in [0.29, 0.717) is 11.1 Å². The Balaban J connectivity index is 0.00000220. The van der Waals surface area contributed by atoms with Gasteiger partial charge in [0, 0.05) is 0 Å². The molecular weight excluding hydrogens is 310 g/mol. The van der Waals surface area contributed by atoms with Crippen molar-refractivity contribution in [2.24, 2.45) is 5.73 Å². The maximum atomic E-state index is 12.8. The predicted octanol–water partition coefficient (Wildman–Crippen LogP) is 4.19. The number of benzene rings is 2. The molecule has 0 unspecified atom stereocenters. The third kappa shape index (κ3) is 4.91. The monoisotopic (exact) mass is 321 g/mol. The SMILES string of the molecule is Cl.N[C@@H](c1ccc(F)cc1)c1ccc(OC(F)(F)F)cc1. The van der Waals surface area contributed by atoms with Crippen LogP contribution in [0.4, 0.5) is 17.6 Å². The van der Waals surface area contributed by atoms with Gasteiger partial charge in [-0.3, -0.25) is 0 Å². The van der Waals surface area contributed by atoms with Gasteiger partial charge in [-0.2, -0.15) is 0 Å². The molecule has 0 heterocycles. The summed E-state index contributed by atoms with van der Waals surface area (Å²) in [4.78, 5) is 0. The van der Waals surface area contributed by atoms with Gasteiger partial charge in [-0.1, -0.05) is 24.3 Å². The minimum Gasteiger partial charge on any atom is -0.406 e. The van der Waals surface area contributed by atoms with E-state index in [4.69, 9.17) is 5.73 Å². The molecule has 2 N–H and O–H groups in total. The van der Waals surface area contributed by atoms with Gasteiger partial charge in [0.05, 0.1) is 6.04 Å². The molecule has 0 aliphatic heterocycles. The van der Waals surface area contributed by atoms with Gasteiger partial charge >= 0.3 is 6.36 Å². The number of rotatable bonds is 3. The maximum Gasteiger partial charge on any atom is 0.573 e. The highest BCUT2D eigenvalue weighted by Crippen LogP contribution is 2.26. The minimum absolute atomic E-state index is 0. The van der Waals surface area contributed by atoms with Gasteiger partial charge in [-0.15, -0.1) is 25.6 Å². The van der Waals surface area contributed by atoms with E-state index in [-0.39, 0.29) is 24.0 Å². The zero-order valence-electron chi connectivity index (χ0n) is 10.6. The van der Waals surface area contributed by atoms with E-state index in [1.165, 1.54) is 48.5 Å². The van der Waals surface area contributed by atoms with E-state index in [1.807, 2.05) is 0 Å². The number of halogens is 5. The molecule has 0 amide bonds. The normalized spacial score (nSPS) is 12.4. The Kier molecular flexibility index (Phi) is 5.57. The first-order valence-electron chi connectivity index (χ1n) is 5.72. The van der Waals surface area contributed by atoms with E-state index >= 15 is 0 Å². The smallest absolute Gasteiger partial charge is 0.406 e. The number of alkyl halides is 3. The Morgan fingerprint density at radius 3 is 1.71 bits per heavy atom. The fourth-order valence-corrected chi connectivity index (χ4v) is 1.74. The molecule has 114 valence electrons. The van der Waals surface area contributed by atoms with Gasteiger partial charge in [0.25, 0.3) is 0 Å². The highest BCUT2D eigenvalue weighted by atomic mass is 35.5. The van der Waals surface area contributed by atoms with Crippen molar-refractivity contribution in [3.05, 3.63) is 65.5 Å². The van der Waals surface area contributed by atoms with Crippen LogP contribution in [-0.2, 0) is 0 Å². The number of nitrogens with two attached hydrogens (primary N) is 1. The molecule has 2 rings (SSSR count). The molecule has 2 aromatic rings. The molecule has 0 aliphatic carbocycles. The summed E-state index contributed by atoms with van der Waals surface area (Å²) in [5, 5.41) is 0. The quantitative estimate of drug-likeness (QED) is 0.860. The van der Waals surface area contributed by atoms with Crippen molar-refractivity contribution in [2.75, 3.05) is 0 Å². The van der Waals surface area contributed by atoms with Crippen molar-refractivity contribution in [2.45, 2.75) is 12.4 Å². The largest absolute Gasteiger partial charge is 0.573 e. The molecule has 0 spiro atoms. The molecule has 0 aromatic heterocycles. The average molecular weight is 322 g/mol. The van der Waals surface area contributed by atoms with E-state index in [0.717, 1.165) is 0 Å². The summed E-state index contributed by atoms with van der Waals surface area (Å²) < 4.78 is 52.6. The van der Waals surface area contributed by atoms with Crippen molar-refractivity contribution < 1.29 is 22.3 Å². The molecular formula is C14H12ClF4NO. The summed E-state index contributed by atoms with van der Waals surface area (Å²) in [5.74, 6) is -0.692. The lowest BCUT2D eigenvalue weighted by Gasteiger charge is -2.14. The Morgan fingerprint density at radius 2 is 1.29 bits per heavy atom. The number of ether oxygens (including phenoxy) is 1. The molecule has 0 bridgehead atoms. The maximum absolute atomic E-state index is 12.8. The zero-order chi connectivity index (χ0) is 14.8. The van der Waals surface area contributed by atoms with Gasteiger partial charge < -0.3 is 10.5 Å². The molecule has 0 saturated carbocycles. The number of hydrogen-bond donors (Lipinski definition) is 1. The lowest BCUT2D eigenvalue weighted by atomic mass is 10.00. The molecule has 7 heteroatoms. The van der Waals surface area contributed by atoms with Crippen molar-refractivity contribution >= 4 is 12.4 Å². The van der Waals surface area contributed by atoms with Gasteiger partial charge in [-0.05, 0) is 35.4 Å². The molecule has 0 saturated heterocycles. The summed E-state index contributed by atoms with van der Waals surface area (Å²) in [6.07, 6.45) is -4.72. The van der Waals surface area contributed by atoms with Crippen LogP contribution < -0.4 is 10.5 Å². The van der Waals surface area contributed by atoms with E-state index in [1.54, 1.807) is 0 Å². The Labute approximate surface area is 124 Å². The first-order valence-corrected chi connectivity index (χ1v) is 5.72. The van der Waals surface area contributed by atoms with Crippen LogP contribution in [0, 0.1) is 5.82 Å². The Morgan fingerprint density at radius 1 is 0.857 bits per heavy atom. The summed E-state index contributed by atoms with van der Waals surface area (Å²) >= 11 is 0. The Hall–Kier alpha value is -1.79. The third-order valence-corrected chi connectivity index (χ3v) is 2.70. The fraction of sp³-hybridized carbons (Fsp3) is 0.143. The van der Waals surface area contributed by atoms with Gasteiger partial charge in [0.15, 0.2) is 0 Å². The topological polar surface area (TPSA) is 35.2 Å².